The van der Waals surface area contributed by atoms with E-state index >= 15 is 0 Å². The summed E-state index contributed by atoms with van der Waals surface area (Å²) in [5.74, 6) is -0.796. The lowest BCUT2D eigenvalue weighted by Crippen LogP contribution is -2.53. The molecule has 3 N–H and O–H groups in total. The van der Waals surface area contributed by atoms with Gasteiger partial charge in [-0.15, -0.1) is 11.8 Å². The van der Waals surface area contributed by atoms with Crippen molar-refractivity contribution in [2.45, 2.75) is 69.0 Å². The summed E-state index contributed by atoms with van der Waals surface area (Å²) >= 11 is 1.30. The minimum atomic E-state index is -1.16. The lowest BCUT2D eigenvalue weighted by molar-refractivity contribution is -0.150. The maximum atomic E-state index is 14.4. The molecular formula is C38H45N3O9S. The van der Waals surface area contributed by atoms with Crippen molar-refractivity contribution in [2.75, 3.05) is 33.1 Å². The Balaban J connectivity index is 1.34. The Bertz CT molecular complexity index is 1700. The fourth-order valence-corrected chi connectivity index (χ4v) is 7.88. The van der Waals surface area contributed by atoms with E-state index in [2.05, 4.69) is 10.6 Å². The van der Waals surface area contributed by atoms with Gasteiger partial charge in [0.1, 0.15) is 41.2 Å². The zero-order chi connectivity index (χ0) is 36.7. The number of carboxylic acid groups (broad SMARTS) is 1. The molecule has 51 heavy (non-hydrogen) atoms. The van der Waals surface area contributed by atoms with Crippen LogP contribution >= 0.6 is 11.8 Å². The van der Waals surface area contributed by atoms with Crippen LogP contribution in [0.25, 0.3) is 11.1 Å². The number of carboxylic acids is 1. The lowest BCUT2D eigenvalue weighted by atomic mass is 9.98. The highest BCUT2D eigenvalue weighted by Gasteiger charge is 2.45. The molecule has 0 radical (unpaired) electrons. The molecule has 1 aliphatic heterocycles. The standard InChI is InChI=1S/C38H45N3O9S/c1-38(2,3)50-36(45)39-19-11-10-16-30(40-37(46)49-21-29-26-14-8-6-12-24(26)25-13-7-9-15-27(25)29)33(42)41-31(35(43)44)22-51-34(41)28-18-17-23(47-4)20-32(28)48-5/h6-9,12-15,17-18,20,29-31,34H,10-11,16,19,21-22H2,1-5H3,(H,39,45)(H,40,46)(H,43,44)/t30-,31+,34+/m1/s1. The van der Waals surface area contributed by atoms with Crippen LogP contribution in [0.15, 0.2) is 66.7 Å². The number of amides is 3. The first-order valence-corrected chi connectivity index (χ1v) is 17.9. The molecule has 1 aliphatic carbocycles. The molecule has 13 heteroatoms. The molecule has 5 rings (SSSR count). The van der Waals surface area contributed by atoms with Gasteiger partial charge in [0.15, 0.2) is 0 Å². The molecule has 0 unspecified atom stereocenters. The minimum Gasteiger partial charge on any atom is -0.497 e. The summed E-state index contributed by atoms with van der Waals surface area (Å²) in [6.07, 6.45) is -0.284. The zero-order valence-corrected chi connectivity index (χ0v) is 30.3. The highest BCUT2D eigenvalue weighted by Crippen LogP contribution is 2.46. The van der Waals surface area contributed by atoms with Crippen LogP contribution < -0.4 is 20.1 Å². The zero-order valence-electron chi connectivity index (χ0n) is 29.5. The molecule has 3 amide bonds. The Morgan fingerprint density at radius 3 is 2.18 bits per heavy atom. The summed E-state index contributed by atoms with van der Waals surface area (Å²) in [6.45, 7) is 5.64. The first-order chi connectivity index (χ1) is 24.4. The number of benzene rings is 3. The normalized spacial score (nSPS) is 17.2. The van der Waals surface area contributed by atoms with E-state index < -0.39 is 47.1 Å². The van der Waals surface area contributed by atoms with Gasteiger partial charge in [-0.05, 0) is 74.4 Å². The van der Waals surface area contributed by atoms with Crippen molar-refractivity contribution >= 4 is 35.8 Å². The third-order valence-corrected chi connectivity index (χ3v) is 10.1. The topological polar surface area (TPSA) is 153 Å². The van der Waals surface area contributed by atoms with Crippen LogP contribution in [0.5, 0.6) is 11.5 Å². The van der Waals surface area contributed by atoms with Crippen LogP contribution in [0.4, 0.5) is 9.59 Å². The molecule has 2 aliphatic rings. The Morgan fingerprint density at radius 2 is 1.57 bits per heavy atom. The van der Waals surface area contributed by atoms with E-state index in [9.17, 15) is 24.3 Å². The third-order valence-electron chi connectivity index (χ3n) is 8.77. The number of hydrogen-bond acceptors (Lipinski definition) is 9. The van der Waals surface area contributed by atoms with Gasteiger partial charge in [0.25, 0.3) is 0 Å². The molecule has 12 nitrogen and oxygen atoms in total. The number of nitrogens with zero attached hydrogens (tertiary/aromatic N) is 1. The van der Waals surface area contributed by atoms with Crippen LogP contribution in [-0.4, -0.2) is 84.9 Å². The maximum absolute atomic E-state index is 14.4. The molecule has 1 fully saturated rings. The van der Waals surface area contributed by atoms with Gasteiger partial charge in [0.2, 0.25) is 5.91 Å². The second kappa shape index (κ2) is 16.4. The number of methoxy groups -OCH3 is 2. The maximum Gasteiger partial charge on any atom is 0.407 e. The van der Waals surface area contributed by atoms with Gasteiger partial charge in [-0.25, -0.2) is 14.4 Å². The van der Waals surface area contributed by atoms with E-state index in [1.807, 2.05) is 48.5 Å². The van der Waals surface area contributed by atoms with Gasteiger partial charge < -0.3 is 39.6 Å². The fourth-order valence-electron chi connectivity index (χ4n) is 6.43. The monoisotopic (exact) mass is 719 g/mol. The molecule has 3 aromatic rings. The number of aliphatic carboxylic acids is 1. The number of carbonyl (C=O) groups is 4. The molecule has 0 spiro atoms. The average Bonchev–Trinajstić information content (AvgIpc) is 3.69. The smallest absolute Gasteiger partial charge is 0.407 e. The number of thioether (sulfide) groups is 1. The molecule has 1 heterocycles. The summed E-state index contributed by atoms with van der Waals surface area (Å²) < 4.78 is 22.0. The number of unbranched alkanes of at least 4 members (excludes halogenated alkanes) is 1. The first-order valence-electron chi connectivity index (χ1n) is 16.9. The van der Waals surface area contributed by atoms with Crippen LogP contribution in [-0.2, 0) is 19.1 Å². The largest absolute Gasteiger partial charge is 0.497 e. The Morgan fingerprint density at radius 1 is 0.902 bits per heavy atom. The Hall–Kier alpha value is -4.91. The van der Waals surface area contributed by atoms with E-state index in [1.165, 1.54) is 30.9 Å². The van der Waals surface area contributed by atoms with Crippen LogP contribution in [0.3, 0.4) is 0 Å². The van der Waals surface area contributed by atoms with Gasteiger partial charge in [0, 0.05) is 29.8 Å². The summed E-state index contributed by atoms with van der Waals surface area (Å²) in [7, 11) is 3.02. The third kappa shape index (κ3) is 8.88. The molecule has 3 atom stereocenters. The fraction of sp³-hybridized carbons (Fsp3) is 0.421. The van der Waals surface area contributed by atoms with Crippen molar-refractivity contribution in [3.05, 3.63) is 83.4 Å². The van der Waals surface area contributed by atoms with Crippen molar-refractivity contribution in [3.8, 4) is 22.6 Å². The van der Waals surface area contributed by atoms with Gasteiger partial charge in [0.05, 0.1) is 14.2 Å². The number of ether oxygens (including phenoxy) is 4. The minimum absolute atomic E-state index is 0.0452. The molecule has 0 saturated carbocycles. The van der Waals surface area contributed by atoms with E-state index in [-0.39, 0.29) is 31.2 Å². The number of hydrogen-bond donors (Lipinski definition) is 3. The number of nitrogens with one attached hydrogen (secondary N) is 2. The van der Waals surface area contributed by atoms with Crippen molar-refractivity contribution in [1.29, 1.82) is 0 Å². The van der Waals surface area contributed by atoms with Gasteiger partial charge in [-0.2, -0.15) is 0 Å². The Kier molecular flexibility index (Phi) is 12.0. The van der Waals surface area contributed by atoms with Crippen molar-refractivity contribution in [2.24, 2.45) is 0 Å². The first kappa shape index (κ1) is 37.3. The summed E-state index contributed by atoms with van der Waals surface area (Å²) in [6, 6.07) is 18.8. The van der Waals surface area contributed by atoms with E-state index in [1.54, 1.807) is 39.0 Å². The summed E-state index contributed by atoms with van der Waals surface area (Å²) in [5.41, 5.74) is 4.22. The predicted molar refractivity (Wildman–Crippen MR) is 193 cm³/mol. The molecule has 0 aromatic heterocycles. The number of rotatable bonds is 13. The van der Waals surface area contributed by atoms with Crippen LogP contribution in [0.1, 0.15) is 68.0 Å². The highest BCUT2D eigenvalue weighted by atomic mass is 32.2. The van der Waals surface area contributed by atoms with Crippen molar-refractivity contribution in [1.82, 2.24) is 15.5 Å². The van der Waals surface area contributed by atoms with E-state index in [4.69, 9.17) is 18.9 Å². The Labute approximate surface area is 302 Å². The molecule has 0 bridgehead atoms. The number of carbonyl (C=O) groups excluding carboxylic acids is 3. The summed E-state index contributed by atoms with van der Waals surface area (Å²) in [5, 5.41) is 14.9. The van der Waals surface area contributed by atoms with Crippen molar-refractivity contribution < 1.29 is 43.2 Å². The quantitative estimate of drug-likeness (QED) is 0.171. The summed E-state index contributed by atoms with van der Waals surface area (Å²) in [4.78, 5) is 53.8. The highest BCUT2D eigenvalue weighted by molar-refractivity contribution is 7.99. The van der Waals surface area contributed by atoms with Gasteiger partial charge >= 0.3 is 18.2 Å². The van der Waals surface area contributed by atoms with Crippen LogP contribution in [0, 0.1) is 0 Å². The van der Waals surface area contributed by atoms with Gasteiger partial charge in [-0.1, -0.05) is 48.5 Å². The number of alkyl carbamates (subject to hydrolysis) is 2. The average molecular weight is 720 g/mol. The molecule has 1 saturated heterocycles. The molecule has 3 aromatic carbocycles. The van der Waals surface area contributed by atoms with Crippen LogP contribution in [0.2, 0.25) is 0 Å². The van der Waals surface area contributed by atoms with Crippen molar-refractivity contribution in [3.63, 3.8) is 0 Å². The molecular weight excluding hydrogens is 674 g/mol. The SMILES string of the molecule is COc1ccc([C@@H]2SC[C@@H](C(=O)O)N2C(=O)[C@@H](CCCCNC(=O)OC(C)(C)C)NC(=O)OCC2c3ccccc3-c3ccccc32)c(OC)c1. The van der Waals surface area contributed by atoms with E-state index in [0.717, 1.165) is 22.3 Å². The van der Waals surface area contributed by atoms with Gasteiger partial charge in [-0.3, -0.25) is 4.79 Å². The second-order valence-corrected chi connectivity index (χ2v) is 14.5. The second-order valence-electron chi connectivity index (χ2n) is 13.3. The predicted octanol–water partition coefficient (Wildman–Crippen LogP) is 6.33. The number of fused-ring (bicyclic) bond motifs is 3. The van der Waals surface area contributed by atoms with E-state index in [0.29, 0.717) is 29.9 Å². The lowest BCUT2D eigenvalue weighted by Gasteiger charge is -2.32. The molecule has 272 valence electrons.